The van der Waals surface area contributed by atoms with Gasteiger partial charge in [0.1, 0.15) is 0 Å². The van der Waals surface area contributed by atoms with Gasteiger partial charge >= 0.3 is 0 Å². The summed E-state index contributed by atoms with van der Waals surface area (Å²) in [4.78, 5) is 0. The Morgan fingerprint density at radius 2 is 1.88 bits per heavy atom. The Morgan fingerprint density at radius 3 is 2.41 bits per heavy atom. The van der Waals surface area contributed by atoms with E-state index in [1.165, 1.54) is 45.1 Å². The quantitative estimate of drug-likeness (QED) is 0.683. The van der Waals surface area contributed by atoms with Crippen LogP contribution in [-0.2, 0) is 0 Å². The number of rotatable bonds is 8. The summed E-state index contributed by atoms with van der Waals surface area (Å²) in [7, 11) is 0. The molecule has 2 nitrogen and oxygen atoms in total. The number of hydrogen-bond donors (Lipinski definition) is 2. The molecule has 1 unspecified atom stereocenters. The fourth-order valence-electron chi connectivity index (χ4n) is 3.44. The summed E-state index contributed by atoms with van der Waals surface area (Å²) in [5.74, 6) is 0.819. The first kappa shape index (κ1) is 15.0. The molecule has 1 aliphatic carbocycles. The molecule has 0 radical (unpaired) electrons. The van der Waals surface area contributed by atoms with Crippen molar-refractivity contribution in [2.75, 3.05) is 13.1 Å². The standard InChI is InChI=1S/C15H32N2/c1-4-7-14(16)11-17-12-15(10-13(2)3)8-5-6-9-15/h13-14,17H,4-12,16H2,1-3H3. The summed E-state index contributed by atoms with van der Waals surface area (Å²) < 4.78 is 0. The maximum Gasteiger partial charge on any atom is 0.0165 e. The van der Waals surface area contributed by atoms with E-state index in [0.717, 1.165) is 18.9 Å². The van der Waals surface area contributed by atoms with Gasteiger partial charge in [-0.3, -0.25) is 0 Å². The molecule has 1 atom stereocenters. The van der Waals surface area contributed by atoms with Gasteiger partial charge in [-0.2, -0.15) is 0 Å². The average molecular weight is 240 g/mol. The minimum atomic E-state index is 0.345. The Balaban J connectivity index is 2.30. The first-order valence-corrected chi connectivity index (χ1v) is 7.54. The third kappa shape index (κ3) is 5.39. The molecular weight excluding hydrogens is 208 g/mol. The van der Waals surface area contributed by atoms with Crippen molar-refractivity contribution in [1.82, 2.24) is 5.32 Å². The lowest BCUT2D eigenvalue weighted by atomic mass is 9.78. The molecule has 1 rings (SSSR count). The highest BCUT2D eigenvalue weighted by Gasteiger charge is 2.33. The van der Waals surface area contributed by atoms with Crippen LogP contribution in [0.3, 0.4) is 0 Å². The average Bonchev–Trinajstić information content (AvgIpc) is 2.66. The van der Waals surface area contributed by atoms with E-state index in [1.54, 1.807) is 0 Å². The molecule has 0 heterocycles. The highest BCUT2D eigenvalue weighted by molar-refractivity contribution is 4.87. The molecule has 0 spiro atoms. The van der Waals surface area contributed by atoms with Gasteiger partial charge in [-0.25, -0.2) is 0 Å². The van der Waals surface area contributed by atoms with Crippen LogP contribution in [0.5, 0.6) is 0 Å². The monoisotopic (exact) mass is 240 g/mol. The molecule has 3 N–H and O–H groups in total. The van der Waals surface area contributed by atoms with Crippen LogP contribution in [-0.4, -0.2) is 19.1 Å². The summed E-state index contributed by atoms with van der Waals surface area (Å²) in [6.07, 6.45) is 9.40. The van der Waals surface area contributed by atoms with Gasteiger partial charge in [0.05, 0.1) is 0 Å². The van der Waals surface area contributed by atoms with Crippen molar-refractivity contribution < 1.29 is 0 Å². The zero-order valence-corrected chi connectivity index (χ0v) is 12.1. The molecule has 0 bridgehead atoms. The number of hydrogen-bond acceptors (Lipinski definition) is 2. The molecule has 1 fully saturated rings. The van der Waals surface area contributed by atoms with Crippen LogP contribution < -0.4 is 11.1 Å². The van der Waals surface area contributed by atoms with E-state index < -0.39 is 0 Å². The van der Waals surface area contributed by atoms with Crippen LogP contribution in [0.25, 0.3) is 0 Å². The maximum atomic E-state index is 6.05. The molecule has 1 aliphatic rings. The van der Waals surface area contributed by atoms with Crippen molar-refractivity contribution in [3.8, 4) is 0 Å². The lowest BCUT2D eigenvalue weighted by Crippen LogP contribution is -2.40. The molecule has 1 saturated carbocycles. The largest absolute Gasteiger partial charge is 0.327 e. The third-order valence-electron chi connectivity index (χ3n) is 4.07. The molecule has 0 saturated heterocycles. The summed E-state index contributed by atoms with van der Waals surface area (Å²) in [5, 5.41) is 3.63. The second kappa shape index (κ2) is 7.38. The van der Waals surface area contributed by atoms with Crippen LogP contribution in [0.4, 0.5) is 0 Å². The van der Waals surface area contributed by atoms with E-state index in [-0.39, 0.29) is 0 Å². The fourth-order valence-corrected chi connectivity index (χ4v) is 3.44. The van der Waals surface area contributed by atoms with Gasteiger partial charge in [0.2, 0.25) is 0 Å². The molecular formula is C15H32N2. The Kier molecular flexibility index (Phi) is 6.50. The van der Waals surface area contributed by atoms with Gasteiger partial charge in [0, 0.05) is 19.1 Å². The van der Waals surface area contributed by atoms with Gasteiger partial charge in [-0.1, -0.05) is 40.0 Å². The zero-order chi connectivity index (χ0) is 12.7. The topological polar surface area (TPSA) is 38.0 Å². The summed E-state index contributed by atoms with van der Waals surface area (Å²) in [5.41, 5.74) is 6.63. The summed E-state index contributed by atoms with van der Waals surface area (Å²) >= 11 is 0. The van der Waals surface area contributed by atoms with Crippen LogP contribution in [0.1, 0.15) is 65.7 Å². The first-order valence-electron chi connectivity index (χ1n) is 7.54. The molecule has 0 aromatic carbocycles. The minimum absolute atomic E-state index is 0.345. The predicted octanol–water partition coefficient (Wildman–Crippen LogP) is 3.31. The molecule has 2 heteroatoms. The van der Waals surface area contributed by atoms with E-state index >= 15 is 0 Å². The van der Waals surface area contributed by atoms with Crippen molar-refractivity contribution in [2.24, 2.45) is 17.1 Å². The molecule has 0 aromatic rings. The van der Waals surface area contributed by atoms with E-state index in [0.29, 0.717) is 11.5 Å². The predicted molar refractivity (Wildman–Crippen MR) is 76.1 cm³/mol. The van der Waals surface area contributed by atoms with Crippen molar-refractivity contribution in [2.45, 2.75) is 71.8 Å². The minimum Gasteiger partial charge on any atom is -0.327 e. The molecule has 0 aliphatic heterocycles. The lowest BCUT2D eigenvalue weighted by Gasteiger charge is -2.31. The lowest BCUT2D eigenvalue weighted by molar-refractivity contribution is 0.222. The summed E-state index contributed by atoms with van der Waals surface area (Å²) in [6, 6.07) is 0.345. The van der Waals surface area contributed by atoms with Crippen molar-refractivity contribution in [3.63, 3.8) is 0 Å². The van der Waals surface area contributed by atoms with E-state index in [2.05, 4.69) is 26.1 Å². The highest BCUT2D eigenvalue weighted by Crippen LogP contribution is 2.42. The second-order valence-corrected chi connectivity index (χ2v) is 6.48. The van der Waals surface area contributed by atoms with Gasteiger partial charge in [0.25, 0.3) is 0 Å². The first-order chi connectivity index (χ1) is 8.08. The Morgan fingerprint density at radius 1 is 1.24 bits per heavy atom. The second-order valence-electron chi connectivity index (χ2n) is 6.48. The van der Waals surface area contributed by atoms with Gasteiger partial charge in [0.15, 0.2) is 0 Å². The Bertz CT molecular complexity index is 195. The van der Waals surface area contributed by atoms with Crippen molar-refractivity contribution in [3.05, 3.63) is 0 Å². The number of nitrogens with two attached hydrogens (primary N) is 1. The smallest absolute Gasteiger partial charge is 0.0165 e. The van der Waals surface area contributed by atoms with Crippen LogP contribution >= 0.6 is 0 Å². The Labute approximate surface area is 108 Å². The highest BCUT2D eigenvalue weighted by atomic mass is 14.9. The SMILES string of the molecule is CCCC(N)CNCC1(CC(C)C)CCCC1. The molecule has 17 heavy (non-hydrogen) atoms. The molecule has 0 amide bonds. The van der Waals surface area contributed by atoms with E-state index in [9.17, 15) is 0 Å². The van der Waals surface area contributed by atoms with Crippen LogP contribution in [0, 0.1) is 11.3 Å². The van der Waals surface area contributed by atoms with Gasteiger partial charge < -0.3 is 11.1 Å². The molecule has 0 aromatic heterocycles. The zero-order valence-electron chi connectivity index (χ0n) is 12.1. The van der Waals surface area contributed by atoms with E-state index in [1.807, 2.05) is 0 Å². The van der Waals surface area contributed by atoms with E-state index in [4.69, 9.17) is 5.73 Å². The third-order valence-corrected chi connectivity index (χ3v) is 4.07. The Hall–Kier alpha value is -0.0800. The molecule has 102 valence electrons. The van der Waals surface area contributed by atoms with Crippen LogP contribution in [0.15, 0.2) is 0 Å². The maximum absolute atomic E-state index is 6.05. The summed E-state index contributed by atoms with van der Waals surface area (Å²) in [6.45, 7) is 9.08. The van der Waals surface area contributed by atoms with Gasteiger partial charge in [-0.15, -0.1) is 0 Å². The van der Waals surface area contributed by atoms with Crippen LogP contribution in [0.2, 0.25) is 0 Å². The van der Waals surface area contributed by atoms with Gasteiger partial charge in [-0.05, 0) is 37.0 Å². The number of nitrogens with one attached hydrogen (secondary N) is 1. The fraction of sp³-hybridized carbons (Fsp3) is 1.00. The normalized spacial score (nSPS) is 21.0. The van der Waals surface area contributed by atoms with Crippen molar-refractivity contribution in [1.29, 1.82) is 0 Å². The van der Waals surface area contributed by atoms with Crippen molar-refractivity contribution >= 4 is 0 Å².